The molecule has 1 aromatic rings. The summed E-state index contributed by atoms with van der Waals surface area (Å²) in [5.41, 5.74) is 7.05. The minimum absolute atomic E-state index is 0.00932. The lowest BCUT2D eigenvalue weighted by molar-refractivity contribution is -0.137. The molecule has 1 fully saturated rings. The van der Waals surface area contributed by atoms with Gasteiger partial charge >= 0.3 is 0 Å². The zero-order valence-electron chi connectivity index (χ0n) is 15.8. The number of amides is 2. The monoisotopic (exact) mass is 346 g/mol. The highest BCUT2D eigenvalue weighted by molar-refractivity contribution is 5.85. The molecule has 0 unspecified atom stereocenters. The zero-order chi connectivity index (χ0) is 18.6. The van der Waals surface area contributed by atoms with Crippen molar-refractivity contribution in [3.05, 3.63) is 29.6 Å². The van der Waals surface area contributed by atoms with E-state index in [1.807, 2.05) is 23.1 Å². The predicted octanol–water partition coefficient (Wildman–Crippen LogP) is 1.55. The normalized spacial score (nSPS) is 18.1. The van der Waals surface area contributed by atoms with Crippen LogP contribution in [-0.2, 0) is 16.0 Å². The number of carbonyl (C=O) groups excluding carboxylic acids is 2. The average molecular weight is 346 g/mol. The van der Waals surface area contributed by atoms with Gasteiger partial charge in [0.05, 0.1) is 5.54 Å². The van der Waals surface area contributed by atoms with E-state index in [0.717, 1.165) is 30.8 Å². The predicted molar refractivity (Wildman–Crippen MR) is 98.1 cm³/mol. The van der Waals surface area contributed by atoms with Gasteiger partial charge in [0.1, 0.15) is 0 Å². The number of carbonyl (C=O) groups is 2. The van der Waals surface area contributed by atoms with Crippen molar-refractivity contribution in [3.8, 4) is 0 Å². The summed E-state index contributed by atoms with van der Waals surface area (Å²) in [7, 11) is 3.53. The zero-order valence-corrected chi connectivity index (χ0v) is 15.8. The molecule has 6 heteroatoms. The Balaban J connectivity index is 2.04. The van der Waals surface area contributed by atoms with Crippen LogP contribution in [0.2, 0.25) is 0 Å². The molecule has 0 bridgehead atoms. The van der Waals surface area contributed by atoms with Gasteiger partial charge in [-0.15, -0.1) is 0 Å². The van der Waals surface area contributed by atoms with E-state index in [0.29, 0.717) is 19.4 Å². The van der Waals surface area contributed by atoms with Gasteiger partial charge in [-0.05, 0) is 45.2 Å². The van der Waals surface area contributed by atoms with Gasteiger partial charge in [-0.1, -0.05) is 6.07 Å². The maximum absolute atomic E-state index is 12.4. The van der Waals surface area contributed by atoms with Crippen molar-refractivity contribution < 1.29 is 9.59 Å². The van der Waals surface area contributed by atoms with E-state index in [1.54, 1.807) is 32.8 Å². The highest BCUT2D eigenvalue weighted by atomic mass is 16.2. The Morgan fingerprint density at radius 2 is 2.08 bits per heavy atom. The first kappa shape index (κ1) is 19.4. The van der Waals surface area contributed by atoms with Crippen molar-refractivity contribution in [1.82, 2.24) is 14.8 Å². The van der Waals surface area contributed by atoms with E-state index >= 15 is 0 Å². The molecule has 0 radical (unpaired) electrons. The summed E-state index contributed by atoms with van der Waals surface area (Å²) >= 11 is 0. The smallest absolute Gasteiger partial charge is 0.242 e. The molecule has 1 aliphatic rings. The largest absolute Gasteiger partial charge is 0.349 e. The molecular weight excluding hydrogens is 316 g/mol. The quantitative estimate of drug-likeness (QED) is 0.877. The average Bonchev–Trinajstić information content (AvgIpc) is 2.58. The summed E-state index contributed by atoms with van der Waals surface area (Å²) in [4.78, 5) is 32.4. The number of rotatable bonds is 5. The summed E-state index contributed by atoms with van der Waals surface area (Å²) in [6.07, 6.45) is 3.06. The number of aromatic nitrogens is 1. The van der Waals surface area contributed by atoms with Crippen LogP contribution >= 0.6 is 0 Å². The van der Waals surface area contributed by atoms with Gasteiger partial charge in [0.25, 0.3) is 0 Å². The molecule has 1 atom stereocenters. The number of piperidine rings is 1. The van der Waals surface area contributed by atoms with Gasteiger partial charge in [-0.2, -0.15) is 0 Å². The van der Waals surface area contributed by atoms with Crippen molar-refractivity contribution in [2.24, 2.45) is 5.73 Å². The summed E-state index contributed by atoms with van der Waals surface area (Å²) in [6, 6.07) is 5.97. The van der Waals surface area contributed by atoms with E-state index < -0.39 is 5.54 Å². The molecule has 1 aliphatic heterocycles. The second kappa shape index (κ2) is 7.95. The van der Waals surface area contributed by atoms with E-state index in [2.05, 4.69) is 0 Å². The Bertz CT molecular complexity index is 622. The number of aryl methyl sites for hydroxylation is 1. The molecule has 2 N–H and O–H groups in total. The fourth-order valence-electron chi connectivity index (χ4n) is 3.13. The molecule has 25 heavy (non-hydrogen) atoms. The topological polar surface area (TPSA) is 79.5 Å². The van der Waals surface area contributed by atoms with E-state index in [4.69, 9.17) is 10.7 Å². The Morgan fingerprint density at radius 1 is 1.36 bits per heavy atom. The molecule has 0 aliphatic carbocycles. The van der Waals surface area contributed by atoms with Crippen LogP contribution in [0.3, 0.4) is 0 Å². The summed E-state index contributed by atoms with van der Waals surface area (Å²) in [5.74, 6) is 0.321. The Hall–Kier alpha value is -1.95. The van der Waals surface area contributed by atoms with Gasteiger partial charge in [0.2, 0.25) is 11.8 Å². The number of likely N-dealkylation sites (tertiary alicyclic amines) is 1. The first-order valence-corrected chi connectivity index (χ1v) is 8.92. The molecule has 6 nitrogen and oxygen atoms in total. The van der Waals surface area contributed by atoms with Crippen molar-refractivity contribution in [2.75, 3.05) is 27.2 Å². The van der Waals surface area contributed by atoms with Crippen LogP contribution in [0, 0.1) is 0 Å². The van der Waals surface area contributed by atoms with Gasteiger partial charge in [0.15, 0.2) is 0 Å². The van der Waals surface area contributed by atoms with E-state index in [-0.39, 0.29) is 17.7 Å². The molecule has 2 rings (SSSR count). The Kier molecular flexibility index (Phi) is 6.16. The Labute approximate surface area is 150 Å². The van der Waals surface area contributed by atoms with Crippen LogP contribution in [0.5, 0.6) is 0 Å². The van der Waals surface area contributed by atoms with Crippen molar-refractivity contribution in [3.63, 3.8) is 0 Å². The van der Waals surface area contributed by atoms with Crippen LogP contribution < -0.4 is 5.73 Å². The summed E-state index contributed by atoms with van der Waals surface area (Å²) in [5, 5.41) is 0. The van der Waals surface area contributed by atoms with E-state index in [9.17, 15) is 9.59 Å². The molecule has 138 valence electrons. The maximum atomic E-state index is 12.4. The lowest BCUT2D eigenvalue weighted by Gasteiger charge is -2.36. The highest BCUT2D eigenvalue weighted by Gasteiger charge is 2.32. The fraction of sp³-hybridized carbons (Fsp3) is 0.632. The summed E-state index contributed by atoms with van der Waals surface area (Å²) < 4.78 is 0. The molecule has 0 aromatic carbocycles. The number of hydrogen-bond donors (Lipinski definition) is 1. The Morgan fingerprint density at radius 3 is 2.72 bits per heavy atom. The molecule has 2 heterocycles. The molecule has 1 aromatic heterocycles. The second-order valence-corrected chi connectivity index (χ2v) is 7.65. The van der Waals surface area contributed by atoms with Crippen molar-refractivity contribution >= 4 is 11.8 Å². The lowest BCUT2D eigenvalue weighted by Crippen LogP contribution is -2.53. The van der Waals surface area contributed by atoms with Crippen LogP contribution in [0.25, 0.3) is 0 Å². The number of nitrogens with two attached hydrogens (primary N) is 1. The number of nitrogens with zero attached hydrogens (tertiary/aromatic N) is 3. The minimum Gasteiger partial charge on any atom is -0.349 e. The van der Waals surface area contributed by atoms with E-state index in [1.165, 1.54) is 0 Å². The SMILES string of the molecule is CN(C)C(=O)CCc1cccc([C@@H]2CCCN(C(=O)C(C)(C)N)C2)n1. The highest BCUT2D eigenvalue weighted by Crippen LogP contribution is 2.27. The first-order valence-electron chi connectivity index (χ1n) is 8.92. The fourth-order valence-corrected chi connectivity index (χ4v) is 3.13. The van der Waals surface area contributed by atoms with Crippen LogP contribution in [0.1, 0.15) is 50.4 Å². The lowest BCUT2D eigenvalue weighted by atomic mass is 9.92. The van der Waals surface area contributed by atoms with Crippen molar-refractivity contribution in [2.45, 2.75) is 51.0 Å². The molecular formula is C19H30N4O2. The number of pyridine rings is 1. The van der Waals surface area contributed by atoms with Gasteiger partial charge in [-0.25, -0.2) is 0 Å². The standard InChI is InChI=1S/C19H30N4O2/c1-19(2,20)18(25)23-12-6-7-14(13-23)16-9-5-8-15(21-16)10-11-17(24)22(3)4/h5,8-9,14H,6-7,10-13,20H2,1-4H3/t14-/m1/s1. The first-order chi connectivity index (χ1) is 11.7. The van der Waals surface area contributed by atoms with Crippen molar-refractivity contribution in [1.29, 1.82) is 0 Å². The van der Waals surface area contributed by atoms with Crippen LogP contribution in [0.15, 0.2) is 18.2 Å². The molecule has 2 amide bonds. The van der Waals surface area contributed by atoms with Gasteiger partial charge in [-0.3, -0.25) is 14.6 Å². The van der Waals surface area contributed by atoms with Crippen LogP contribution in [0.4, 0.5) is 0 Å². The van der Waals surface area contributed by atoms with Crippen LogP contribution in [-0.4, -0.2) is 59.3 Å². The van der Waals surface area contributed by atoms with Gasteiger partial charge < -0.3 is 15.5 Å². The number of hydrogen-bond acceptors (Lipinski definition) is 4. The third kappa shape index (κ3) is 5.26. The second-order valence-electron chi connectivity index (χ2n) is 7.65. The molecule has 0 saturated carbocycles. The summed E-state index contributed by atoms with van der Waals surface area (Å²) in [6.45, 7) is 4.92. The minimum atomic E-state index is -0.844. The third-order valence-electron chi connectivity index (χ3n) is 4.60. The third-order valence-corrected chi connectivity index (χ3v) is 4.60. The molecule has 0 spiro atoms. The van der Waals surface area contributed by atoms with Gasteiger partial charge in [0, 0.05) is 50.9 Å². The maximum Gasteiger partial charge on any atom is 0.242 e. The molecule has 1 saturated heterocycles.